The van der Waals surface area contributed by atoms with E-state index in [1.807, 2.05) is 54.6 Å². The topological polar surface area (TPSA) is 115 Å². The minimum Gasteiger partial charge on any atom is -0.368 e. The third-order valence-electron chi connectivity index (χ3n) is 5.64. The molecule has 10 heteroatoms. The van der Waals surface area contributed by atoms with Gasteiger partial charge in [0.2, 0.25) is 11.9 Å². The monoisotopic (exact) mass is 490 g/mol. The van der Waals surface area contributed by atoms with Crippen LogP contribution in [0.15, 0.2) is 64.5 Å². The number of benzene rings is 2. The van der Waals surface area contributed by atoms with Gasteiger partial charge in [0.15, 0.2) is 5.16 Å². The minimum absolute atomic E-state index is 0.0285. The molecule has 0 fully saturated rings. The van der Waals surface area contributed by atoms with E-state index in [1.165, 1.54) is 11.8 Å². The van der Waals surface area contributed by atoms with Gasteiger partial charge >= 0.3 is 0 Å². The average Bonchev–Trinajstić information content (AvgIpc) is 2.87. The van der Waals surface area contributed by atoms with Gasteiger partial charge < -0.3 is 16.0 Å². The van der Waals surface area contributed by atoms with Crippen molar-refractivity contribution < 1.29 is 0 Å². The van der Waals surface area contributed by atoms with Gasteiger partial charge in [-0.1, -0.05) is 55.9 Å². The molecule has 4 aromatic rings. The number of nitrogens with one attached hydrogen (secondary N) is 1. The average molecular weight is 491 g/mol. The summed E-state index contributed by atoms with van der Waals surface area (Å²) < 4.78 is 1.77. The van der Waals surface area contributed by atoms with Crippen LogP contribution in [-0.4, -0.2) is 49.0 Å². The zero-order valence-electron chi connectivity index (χ0n) is 20.0. The summed E-state index contributed by atoms with van der Waals surface area (Å²) in [4.78, 5) is 33.4. The first-order valence-corrected chi connectivity index (χ1v) is 12.7. The lowest BCUT2D eigenvalue weighted by molar-refractivity contribution is 0.290. The second-order valence-electron chi connectivity index (χ2n) is 7.96. The van der Waals surface area contributed by atoms with Crippen LogP contribution in [0.1, 0.15) is 26.1 Å². The van der Waals surface area contributed by atoms with Gasteiger partial charge in [0, 0.05) is 12.2 Å². The van der Waals surface area contributed by atoms with E-state index in [2.05, 4.69) is 39.0 Å². The van der Waals surface area contributed by atoms with Crippen LogP contribution in [0.3, 0.4) is 0 Å². The molecule has 3 N–H and O–H groups in total. The number of nitrogens with zero attached hydrogens (tertiary/aromatic N) is 6. The van der Waals surface area contributed by atoms with Crippen molar-refractivity contribution in [3.05, 3.63) is 70.8 Å². The van der Waals surface area contributed by atoms with Crippen molar-refractivity contribution >= 4 is 40.2 Å². The number of nitrogens with two attached hydrogens (primary N) is 1. The molecule has 0 saturated heterocycles. The summed E-state index contributed by atoms with van der Waals surface area (Å²) in [5.74, 6) is 1.43. The van der Waals surface area contributed by atoms with E-state index in [1.54, 1.807) is 4.57 Å². The van der Waals surface area contributed by atoms with Crippen LogP contribution in [0.5, 0.6) is 0 Å². The van der Waals surface area contributed by atoms with Gasteiger partial charge in [-0.05, 0) is 50.3 Å². The van der Waals surface area contributed by atoms with Crippen LogP contribution < -0.4 is 16.6 Å². The summed E-state index contributed by atoms with van der Waals surface area (Å²) in [6.07, 6.45) is 0.860. The first-order valence-electron chi connectivity index (χ1n) is 11.7. The molecule has 0 unspecified atom stereocenters. The predicted octanol–water partition coefficient (Wildman–Crippen LogP) is 3.93. The van der Waals surface area contributed by atoms with Crippen molar-refractivity contribution in [2.75, 3.05) is 30.7 Å². The van der Waals surface area contributed by atoms with Crippen LogP contribution in [0.2, 0.25) is 0 Å². The van der Waals surface area contributed by atoms with Crippen molar-refractivity contribution in [1.82, 2.24) is 29.4 Å². The molecule has 0 aliphatic heterocycles. The molecule has 2 aromatic carbocycles. The normalized spacial score (nSPS) is 11.3. The number of hydrogen-bond acceptors (Lipinski definition) is 9. The number of rotatable bonds is 11. The van der Waals surface area contributed by atoms with Crippen molar-refractivity contribution in [2.45, 2.75) is 37.7 Å². The Bertz CT molecular complexity index is 1320. The Kier molecular flexibility index (Phi) is 8.27. The molecule has 4 rings (SSSR count). The lowest BCUT2D eigenvalue weighted by Gasteiger charge is -2.19. The molecule has 182 valence electrons. The highest BCUT2D eigenvalue weighted by atomic mass is 32.2. The van der Waals surface area contributed by atoms with Crippen LogP contribution in [0.4, 0.5) is 17.6 Å². The summed E-state index contributed by atoms with van der Waals surface area (Å²) in [6, 6.07) is 17.1. The first-order chi connectivity index (χ1) is 17.1. The molecule has 35 heavy (non-hydrogen) atoms. The molecule has 0 aliphatic carbocycles. The summed E-state index contributed by atoms with van der Waals surface area (Å²) in [5, 5.41) is 4.42. The third-order valence-corrected chi connectivity index (χ3v) is 6.61. The quantitative estimate of drug-likeness (QED) is 0.238. The van der Waals surface area contributed by atoms with E-state index in [0.29, 0.717) is 40.1 Å². The molecule has 0 spiro atoms. The number of thioether (sulfide) groups is 1. The molecule has 0 aliphatic rings. The fraction of sp³-hybridized carbons (Fsp3) is 0.320. The third kappa shape index (κ3) is 6.34. The van der Waals surface area contributed by atoms with E-state index >= 15 is 0 Å². The number of hydrogen-bond donors (Lipinski definition) is 2. The Hall–Kier alpha value is -3.50. The zero-order chi connectivity index (χ0) is 24.6. The maximum absolute atomic E-state index is 13.3. The van der Waals surface area contributed by atoms with Crippen molar-refractivity contribution in [1.29, 1.82) is 0 Å². The molecular weight excluding hydrogens is 460 g/mol. The van der Waals surface area contributed by atoms with Gasteiger partial charge in [-0.3, -0.25) is 9.36 Å². The van der Waals surface area contributed by atoms with E-state index in [4.69, 9.17) is 10.7 Å². The highest BCUT2D eigenvalue weighted by molar-refractivity contribution is 7.98. The molecule has 0 bridgehead atoms. The summed E-state index contributed by atoms with van der Waals surface area (Å²) in [6.45, 7) is 7.79. The Balaban J connectivity index is 1.57. The zero-order valence-corrected chi connectivity index (χ0v) is 20.8. The molecule has 0 atom stereocenters. The van der Waals surface area contributed by atoms with Gasteiger partial charge in [0.25, 0.3) is 5.56 Å². The maximum atomic E-state index is 13.3. The van der Waals surface area contributed by atoms with Crippen LogP contribution in [0.25, 0.3) is 10.9 Å². The van der Waals surface area contributed by atoms with Crippen LogP contribution in [-0.2, 0) is 12.3 Å². The van der Waals surface area contributed by atoms with E-state index < -0.39 is 0 Å². The summed E-state index contributed by atoms with van der Waals surface area (Å²) in [7, 11) is 0. The SMILES string of the molecule is CCN(CC)CCCn1c(SCc2nc(N)nc(Nc3ccccc3)n2)nc2ccccc2c1=O. The highest BCUT2D eigenvalue weighted by Crippen LogP contribution is 2.22. The van der Waals surface area contributed by atoms with Crippen molar-refractivity contribution in [2.24, 2.45) is 0 Å². The maximum Gasteiger partial charge on any atom is 0.262 e. The standard InChI is InChI=1S/C25H30N8OS/c1-3-32(4-2)15-10-16-33-22(34)19-13-8-9-14-20(19)28-25(33)35-17-21-29-23(26)31-24(30-21)27-18-11-6-5-7-12-18/h5-9,11-14H,3-4,10,15-17H2,1-2H3,(H3,26,27,29,30,31). The fourth-order valence-corrected chi connectivity index (χ4v) is 4.67. The van der Waals surface area contributed by atoms with Gasteiger partial charge in [0.1, 0.15) is 5.82 Å². The Labute approximate surface area is 208 Å². The number of fused-ring (bicyclic) bond motifs is 1. The predicted molar refractivity (Wildman–Crippen MR) is 142 cm³/mol. The van der Waals surface area contributed by atoms with Gasteiger partial charge in [-0.15, -0.1) is 0 Å². The van der Waals surface area contributed by atoms with Crippen LogP contribution >= 0.6 is 11.8 Å². The summed E-state index contributed by atoms with van der Waals surface area (Å²) in [5.41, 5.74) is 7.45. The molecule has 2 heterocycles. The second kappa shape index (κ2) is 11.8. The Morgan fingerprint density at radius 3 is 2.49 bits per heavy atom. The van der Waals surface area contributed by atoms with Crippen LogP contribution in [0, 0.1) is 0 Å². The van der Waals surface area contributed by atoms with Gasteiger partial charge in [0.05, 0.1) is 16.7 Å². The number of nitrogen functional groups attached to an aromatic ring is 1. The van der Waals surface area contributed by atoms with Gasteiger partial charge in [-0.2, -0.15) is 15.0 Å². The Morgan fingerprint density at radius 2 is 1.71 bits per heavy atom. The molecule has 9 nitrogen and oxygen atoms in total. The Morgan fingerprint density at radius 1 is 0.971 bits per heavy atom. The molecule has 2 aromatic heterocycles. The largest absolute Gasteiger partial charge is 0.368 e. The highest BCUT2D eigenvalue weighted by Gasteiger charge is 2.14. The van der Waals surface area contributed by atoms with E-state index in [0.717, 1.165) is 31.7 Å². The lowest BCUT2D eigenvalue weighted by atomic mass is 10.2. The van der Waals surface area contributed by atoms with Gasteiger partial charge in [-0.25, -0.2) is 4.98 Å². The molecular formula is C25H30N8OS. The molecule has 0 radical (unpaired) electrons. The minimum atomic E-state index is -0.0285. The van der Waals surface area contributed by atoms with Crippen molar-refractivity contribution in [3.63, 3.8) is 0 Å². The van der Waals surface area contributed by atoms with E-state index in [-0.39, 0.29) is 11.5 Å². The molecule has 0 saturated carbocycles. The number of aromatic nitrogens is 5. The second-order valence-corrected chi connectivity index (χ2v) is 8.90. The van der Waals surface area contributed by atoms with E-state index in [9.17, 15) is 4.79 Å². The summed E-state index contributed by atoms with van der Waals surface area (Å²) >= 11 is 1.43. The first kappa shape index (κ1) is 24.6. The number of anilines is 3. The number of para-hydroxylation sites is 2. The fourth-order valence-electron chi connectivity index (χ4n) is 3.79. The molecule has 0 amide bonds. The smallest absolute Gasteiger partial charge is 0.262 e. The lowest BCUT2D eigenvalue weighted by Crippen LogP contribution is -2.28. The van der Waals surface area contributed by atoms with Crippen molar-refractivity contribution in [3.8, 4) is 0 Å².